The Bertz CT molecular complexity index is 433. The Hall–Kier alpha value is -1.39. The zero-order valence-corrected chi connectivity index (χ0v) is 12.0. The van der Waals surface area contributed by atoms with Gasteiger partial charge in [-0.1, -0.05) is 36.8 Å². The highest BCUT2D eigenvalue weighted by molar-refractivity contribution is 5.76. The second kappa shape index (κ2) is 6.86. The fourth-order valence-electron chi connectivity index (χ4n) is 3.08. The van der Waals surface area contributed by atoms with Gasteiger partial charge in [0.05, 0.1) is 5.92 Å². The molecule has 3 N–H and O–H groups in total. The summed E-state index contributed by atoms with van der Waals surface area (Å²) in [7, 11) is 0. The minimum Gasteiger partial charge on any atom is -0.481 e. The van der Waals surface area contributed by atoms with Gasteiger partial charge < -0.3 is 10.8 Å². The molecule has 2 rings (SSSR count). The van der Waals surface area contributed by atoms with E-state index in [1.165, 1.54) is 6.42 Å². The van der Waals surface area contributed by atoms with Gasteiger partial charge in [0.1, 0.15) is 0 Å². The summed E-state index contributed by atoms with van der Waals surface area (Å²) in [5.41, 5.74) is 6.93. The van der Waals surface area contributed by atoms with Crippen molar-refractivity contribution >= 4 is 5.97 Å². The Kier molecular flexibility index (Phi) is 5.15. The van der Waals surface area contributed by atoms with E-state index in [0.29, 0.717) is 12.6 Å². The van der Waals surface area contributed by atoms with E-state index in [4.69, 9.17) is 5.73 Å². The Morgan fingerprint density at radius 1 is 1.40 bits per heavy atom. The van der Waals surface area contributed by atoms with Crippen LogP contribution < -0.4 is 5.73 Å². The molecule has 0 aliphatic carbocycles. The van der Waals surface area contributed by atoms with Crippen LogP contribution in [0.25, 0.3) is 0 Å². The molecule has 1 aliphatic rings. The molecule has 1 saturated heterocycles. The molecule has 0 saturated carbocycles. The molecule has 1 heterocycles. The second-order valence-electron chi connectivity index (χ2n) is 5.72. The standard InChI is InChI=1S/C16H24N2O2/c1-12(17)15-9-5-6-10-18(15)11-14(16(19)20)13-7-3-2-4-8-13/h2-4,7-8,12,14-15H,5-6,9-11,17H2,1H3,(H,19,20). The third-order valence-electron chi connectivity index (χ3n) is 4.19. The fraction of sp³-hybridized carbons (Fsp3) is 0.562. The number of nitrogens with zero attached hydrogens (tertiary/aromatic N) is 1. The first-order chi connectivity index (χ1) is 9.59. The molecule has 1 aromatic rings. The van der Waals surface area contributed by atoms with E-state index in [1.54, 1.807) is 0 Å². The quantitative estimate of drug-likeness (QED) is 0.864. The lowest BCUT2D eigenvalue weighted by Gasteiger charge is -2.39. The summed E-state index contributed by atoms with van der Waals surface area (Å²) in [6.45, 7) is 3.51. The van der Waals surface area contributed by atoms with Gasteiger partial charge in [-0.15, -0.1) is 0 Å². The summed E-state index contributed by atoms with van der Waals surface area (Å²) in [6.07, 6.45) is 3.38. The smallest absolute Gasteiger partial charge is 0.312 e. The number of likely N-dealkylation sites (tertiary alicyclic amines) is 1. The summed E-state index contributed by atoms with van der Waals surface area (Å²) in [5, 5.41) is 9.52. The topological polar surface area (TPSA) is 66.6 Å². The van der Waals surface area contributed by atoms with Crippen LogP contribution in [-0.2, 0) is 4.79 Å². The molecule has 0 radical (unpaired) electrons. The SMILES string of the molecule is CC(N)C1CCCCN1CC(C(=O)O)c1ccccc1. The molecule has 0 aromatic heterocycles. The fourth-order valence-corrected chi connectivity index (χ4v) is 3.08. The van der Waals surface area contributed by atoms with Gasteiger partial charge in [0.25, 0.3) is 0 Å². The molecule has 110 valence electrons. The Morgan fingerprint density at radius 3 is 2.70 bits per heavy atom. The number of carboxylic acid groups (broad SMARTS) is 1. The average Bonchev–Trinajstić information content (AvgIpc) is 2.45. The maximum atomic E-state index is 11.6. The van der Waals surface area contributed by atoms with Crippen LogP contribution in [0.1, 0.15) is 37.7 Å². The van der Waals surface area contributed by atoms with Gasteiger partial charge in [0.15, 0.2) is 0 Å². The van der Waals surface area contributed by atoms with Crippen LogP contribution in [0.3, 0.4) is 0 Å². The van der Waals surface area contributed by atoms with Gasteiger partial charge in [-0.2, -0.15) is 0 Å². The van der Waals surface area contributed by atoms with Crippen LogP contribution in [0.15, 0.2) is 30.3 Å². The Labute approximate surface area is 120 Å². The van der Waals surface area contributed by atoms with Crippen molar-refractivity contribution in [1.82, 2.24) is 4.90 Å². The van der Waals surface area contributed by atoms with Crippen molar-refractivity contribution in [3.05, 3.63) is 35.9 Å². The highest BCUT2D eigenvalue weighted by Gasteiger charge is 2.30. The van der Waals surface area contributed by atoms with Crippen molar-refractivity contribution in [3.63, 3.8) is 0 Å². The molecule has 0 spiro atoms. The van der Waals surface area contributed by atoms with E-state index in [2.05, 4.69) is 4.90 Å². The van der Waals surface area contributed by atoms with Crippen LogP contribution in [-0.4, -0.2) is 41.1 Å². The van der Waals surface area contributed by atoms with Crippen LogP contribution in [0.4, 0.5) is 0 Å². The van der Waals surface area contributed by atoms with Crippen molar-refractivity contribution < 1.29 is 9.90 Å². The number of hydrogen-bond acceptors (Lipinski definition) is 3. The minimum absolute atomic E-state index is 0.0838. The van der Waals surface area contributed by atoms with Crippen molar-refractivity contribution in [3.8, 4) is 0 Å². The minimum atomic E-state index is -0.759. The zero-order valence-electron chi connectivity index (χ0n) is 12.0. The van der Waals surface area contributed by atoms with Crippen LogP contribution in [0.5, 0.6) is 0 Å². The predicted molar refractivity (Wildman–Crippen MR) is 79.7 cm³/mol. The van der Waals surface area contributed by atoms with E-state index in [0.717, 1.165) is 24.9 Å². The van der Waals surface area contributed by atoms with Gasteiger partial charge >= 0.3 is 5.97 Å². The number of carbonyl (C=O) groups is 1. The lowest BCUT2D eigenvalue weighted by molar-refractivity contribution is -0.139. The van der Waals surface area contributed by atoms with Crippen LogP contribution in [0.2, 0.25) is 0 Å². The first-order valence-corrected chi connectivity index (χ1v) is 7.37. The van der Waals surface area contributed by atoms with Gasteiger partial charge in [0, 0.05) is 18.6 Å². The van der Waals surface area contributed by atoms with E-state index >= 15 is 0 Å². The molecule has 1 fully saturated rings. The molecular formula is C16H24N2O2. The first-order valence-electron chi connectivity index (χ1n) is 7.37. The van der Waals surface area contributed by atoms with Gasteiger partial charge in [-0.05, 0) is 31.9 Å². The number of piperidine rings is 1. The maximum absolute atomic E-state index is 11.6. The second-order valence-corrected chi connectivity index (χ2v) is 5.72. The Morgan fingerprint density at radius 2 is 2.10 bits per heavy atom. The molecule has 0 amide bonds. The van der Waals surface area contributed by atoms with Gasteiger partial charge in [-0.25, -0.2) is 0 Å². The number of hydrogen-bond donors (Lipinski definition) is 2. The predicted octanol–water partition coefficient (Wildman–Crippen LogP) is 2.06. The van der Waals surface area contributed by atoms with Crippen LogP contribution >= 0.6 is 0 Å². The van der Waals surface area contributed by atoms with Crippen molar-refractivity contribution in [2.24, 2.45) is 5.73 Å². The van der Waals surface area contributed by atoms with E-state index in [-0.39, 0.29) is 6.04 Å². The lowest BCUT2D eigenvalue weighted by atomic mass is 9.93. The van der Waals surface area contributed by atoms with E-state index < -0.39 is 11.9 Å². The van der Waals surface area contributed by atoms with Gasteiger partial charge in [-0.3, -0.25) is 9.69 Å². The molecule has 4 nitrogen and oxygen atoms in total. The molecule has 0 bridgehead atoms. The molecule has 3 atom stereocenters. The van der Waals surface area contributed by atoms with Crippen molar-refractivity contribution in [1.29, 1.82) is 0 Å². The molecule has 20 heavy (non-hydrogen) atoms. The Balaban J connectivity index is 2.13. The lowest BCUT2D eigenvalue weighted by Crippen LogP contribution is -2.50. The number of carboxylic acids is 1. The number of nitrogens with two attached hydrogens (primary N) is 1. The summed E-state index contributed by atoms with van der Waals surface area (Å²) in [5.74, 6) is -1.24. The molecular weight excluding hydrogens is 252 g/mol. The molecule has 4 heteroatoms. The number of rotatable bonds is 5. The zero-order chi connectivity index (χ0) is 14.5. The molecule has 1 aromatic carbocycles. The normalized spacial score (nSPS) is 23.2. The summed E-state index contributed by atoms with van der Waals surface area (Å²) in [4.78, 5) is 13.9. The molecule has 3 unspecified atom stereocenters. The van der Waals surface area contributed by atoms with Gasteiger partial charge in [0.2, 0.25) is 0 Å². The van der Waals surface area contributed by atoms with Crippen molar-refractivity contribution in [2.45, 2.75) is 44.2 Å². The van der Waals surface area contributed by atoms with E-state index in [1.807, 2.05) is 37.3 Å². The molecule has 1 aliphatic heterocycles. The summed E-state index contributed by atoms with van der Waals surface area (Å²) >= 11 is 0. The van der Waals surface area contributed by atoms with Crippen molar-refractivity contribution in [2.75, 3.05) is 13.1 Å². The highest BCUT2D eigenvalue weighted by Crippen LogP contribution is 2.24. The summed E-state index contributed by atoms with van der Waals surface area (Å²) in [6, 6.07) is 9.87. The third-order valence-corrected chi connectivity index (χ3v) is 4.19. The highest BCUT2D eigenvalue weighted by atomic mass is 16.4. The average molecular weight is 276 g/mol. The number of aliphatic carboxylic acids is 1. The van der Waals surface area contributed by atoms with Crippen LogP contribution in [0, 0.1) is 0 Å². The largest absolute Gasteiger partial charge is 0.481 e. The summed E-state index contributed by atoms with van der Waals surface area (Å²) < 4.78 is 0. The monoisotopic (exact) mass is 276 g/mol. The first kappa shape index (κ1) is 15.0. The van der Waals surface area contributed by atoms with E-state index in [9.17, 15) is 9.90 Å². The third kappa shape index (κ3) is 3.58. The maximum Gasteiger partial charge on any atom is 0.312 e. The number of benzene rings is 1.